The Morgan fingerprint density at radius 3 is 2.44 bits per heavy atom. The van der Waals surface area contributed by atoms with Gasteiger partial charge in [0.05, 0.1) is 24.9 Å². The van der Waals surface area contributed by atoms with Gasteiger partial charge in [-0.25, -0.2) is 0 Å². The predicted molar refractivity (Wildman–Crippen MR) is 121 cm³/mol. The Morgan fingerprint density at radius 2 is 1.81 bits per heavy atom. The van der Waals surface area contributed by atoms with Crippen LogP contribution in [0.5, 0.6) is 5.75 Å². The second-order valence-corrected chi connectivity index (χ2v) is 8.51. The molecule has 0 radical (unpaired) electrons. The summed E-state index contributed by atoms with van der Waals surface area (Å²) in [5.74, 6) is 0.238. The van der Waals surface area contributed by atoms with E-state index in [1.807, 2.05) is 53.6 Å². The van der Waals surface area contributed by atoms with Crippen LogP contribution in [0.3, 0.4) is 0 Å². The van der Waals surface area contributed by atoms with E-state index >= 15 is 0 Å². The summed E-state index contributed by atoms with van der Waals surface area (Å²) in [7, 11) is 1.59. The van der Waals surface area contributed by atoms with Crippen LogP contribution in [0.2, 0.25) is 0 Å². The van der Waals surface area contributed by atoms with Gasteiger partial charge in [0.1, 0.15) is 5.75 Å². The Kier molecular flexibility index (Phi) is 7.93. The molecule has 3 aromatic rings. The standard InChI is InChI=1S/C24H25F3N2O2S/c1-17(14-20-6-5-13-32-20)29(15-18-9-11-19(31-2)12-10-18)16-23(30)28-22-8-4-3-7-21(22)24(25,26)27/h3-13,17H,14-16H2,1-2H3,(H,28,30). The van der Waals surface area contributed by atoms with Crippen LogP contribution in [0.25, 0.3) is 0 Å². The van der Waals surface area contributed by atoms with E-state index in [4.69, 9.17) is 4.74 Å². The predicted octanol–water partition coefficient (Wildman–Crippen LogP) is 5.85. The SMILES string of the molecule is COc1ccc(CN(CC(=O)Nc2ccccc2C(F)(F)F)C(C)Cc2cccs2)cc1. The van der Waals surface area contributed by atoms with E-state index in [0.717, 1.165) is 23.8 Å². The van der Waals surface area contributed by atoms with Crippen molar-refractivity contribution in [3.63, 3.8) is 0 Å². The minimum Gasteiger partial charge on any atom is -0.497 e. The normalized spacial score (nSPS) is 12.6. The van der Waals surface area contributed by atoms with Crippen molar-refractivity contribution < 1.29 is 22.7 Å². The number of carbonyl (C=O) groups is 1. The number of ether oxygens (including phenoxy) is 1. The zero-order chi connectivity index (χ0) is 23.1. The van der Waals surface area contributed by atoms with Crippen molar-refractivity contribution in [3.8, 4) is 5.75 Å². The summed E-state index contributed by atoms with van der Waals surface area (Å²) in [6, 6.07) is 16.5. The van der Waals surface area contributed by atoms with Crippen molar-refractivity contribution >= 4 is 22.9 Å². The van der Waals surface area contributed by atoms with E-state index in [1.165, 1.54) is 23.1 Å². The fourth-order valence-electron chi connectivity index (χ4n) is 3.40. The molecule has 0 aliphatic rings. The summed E-state index contributed by atoms with van der Waals surface area (Å²) in [5, 5.41) is 4.44. The summed E-state index contributed by atoms with van der Waals surface area (Å²) in [4.78, 5) is 15.9. The molecule has 1 N–H and O–H groups in total. The molecule has 2 aromatic carbocycles. The van der Waals surface area contributed by atoms with Gasteiger partial charge in [-0.2, -0.15) is 13.2 Å². The Hall–Kier alpha value is -2.84. The number of carbonyl (C=O) groups excluding carboxylic acids is 1. The largest absolute Gasteiger partial charge is 0.497 e. The fourth-order valence-corrected chi connectivity index (χ4v) is 4.22. The molecule has 1 aromatic heterocycles. The molecular weight excluding hydrogens is 437 g/mol. The van der Waals surface area contributed by atoms with E-state index in [1.54, 1.807) is 18.4 Å². The van der Waals surface area contributed by atoms with Crippen molar-refractivity contribution in [2.45, 2.75) is 32.1 Å². The number of para-hydroxylation sites is 1. The molecule has 0 saturated carbocycles. The van der Waals surface area contributed by atoms with Gasteiger partial charge in [0, 0.05) is 17.5 Å². The second-order valence-electron chi connectivity index (χ2n) is 7.48. The topological polar surface area (TPSA) is 41.6 Å². The summed E-state index contributed by atoms with van der Waals surface area (Å²) in [5.41, 5.74) is -0.116. The van der Waals surface area contributed by atoms with Gasteiger partial charge in [-0.15, -0.1) is 11.3 Å². The Morgan fingerprint density at radius 1 is 1.09 bits per heavy atom. The third kappa shape index (κ3) is 6.58. The van der Waals surface area contributed by atoms with Crippen molar-refractivity contribution in [3.05, 3.63) is 82.0 Å². The highest BCUT2D eigenvalue weighted by molar-refractivity contribution is 7.09. The molecule has 0 aliphatic heterocycles. The molecule has 0 bridgehead atoms. The molecule has 3 rings (SSSR count). The minimum atomic E-state index is -4.54. The van der Waals surface area contributed by atoms with Gasteiger partial charge in [0.2, 0.25) is 5.91 Å². The molecule has 1 amide bonds. The molecule has 170 valence electrons. The lowest BCUT2D eigenvalue weighted by Gasteiger charge is -2.29. The first kappa shape index (κ1) is 23.8. The molecule has 0 aliphatic carbocycles. The highest BCUT2D eigenvalue weighted by Gasteiger charge is 2.33. The maximum absolute atomic E-state index is 13.3. The second kappa shape index (κ2) is 10.7. The number of halogens is 3. The van der Waals surface area contributed by atoms with Crippen LogP contribution >= 0.6 is 11.3 Å². The molecule has 0 saturated heterocycles. The molecule has 1 heterocycles. The van der Waals surface area contributed by atoms with Crippen LogP contribution in [0.15, 0.2) is 66.0 Å². The van der Waals surface area contributed by atoms with Gasteiger partial charge in [-0.1, -0.05) is 30.3 Å². The molecule has 1 unspecified atom stereocenters. The quantitative estimate of drug-likeness (QED) is 0.434. The summed E-state index contributed by atoms with van der Waals surface area (Å²) in [6.07, 6.45) is -3.81. The first-order valence-corrected chi connectivity index (χ1v) is 11.0. The molecule has 0 spiro atoms. The van der Waals surface area contributed by atoms with Crippen molar-refractivity contribution in [1.29, 1.82) is 0 Å². The number of anilines is 1. The van der Waals surface area contributed by atoms with Gasteiger partial charge in [-0.05, 0) is 54.6 Å². The third-order valence-electron chi connectivity index (χ3n) is 5.10. The van der Waals surface area contributed by atoms with Crippen LogP contribution in [0, 0.1) is 0 Å². The number of nitrogens with one attached hydrogen (secondary N) is 1. The smallest absolute Gasteiger partial charge is 0.418 e. The van der Waals surface area contributed by atoms with E-state index in [0.29, 0.717) is 6.54 Å². The van der Waals surface area contributed by atoms with Crippen LogP contribution in [0.4, 0.5) is 18.9 Å². The summed E-state index contributed by atoms with van der Waals surface area (Å²) < 4.78 is 45.0. The number of nitrogens with zero attached hydrogens (tertiary/aromatic N) is 1. The number of rotatable bonds is 9. The lowest BCUT2D eigenvalue weighted by atomic mass is 10.1. The van der Waals surface area contributed by atoms with E-state index < -0.39 is 17.6 Å². The molecule has 4 nitrogen and oxygen atoms in total. The molecule has 32 heavy (non-hydrogen) atoms. The Balaban J connectivity index is 1.76. The highest BCUT2D eigenvalue weighted by Crippen LogP contribution is 2.34. The number of alkyl halides is 3. The number of hydrogen-bond acceptors (Lipinski definition) is 4. The summed E-state index contributed by atoms with van der Waals surface area (Å²) in [6.45, 7) is 2.45. The molecular formula is C24H25F3N2O2S. The zero-order valence-corrected chi connectivity index (χ0v) is 18.7. The molecule has 1 atom stereocenters. The average Bonchev–Trinajstić information content (AvgIpc) is 3.26. The maximum Gasteiger partial charge on any atom is 0.418 e. The minimum absolute atomic E-state index is 0.000591. The highest BCUT2D eigenvalue weighted by atomic mass is 32.1. The van der Waals surface area contributed by atoms with E-state index in [9.17, 15) is 18.0 Å². The average molecular weight is 463 g/mol. The first-order chi connectivity index (χ1) is 15.3. The van der Waals surface area contributed by atoms with Crippen molar-refractivity contribution in [2.75, 3.05) is 19.0 Å². The number of methoxy groups -OCH3 is 1. The lowest BCUT2D eigenvalue weighted by molar-refractivity contribution is -0.137. The number of thiophene rings is 1. The van der Waals surface area contributed by atoms with E-state index in [2.05, 4.69) is 5.32 Å². The fraction of sp³-hybridized carbons (Fsp3) is 0.292. The van der Waals surface area contributed by atoms with E-state index in [-0.39, 0.29) is 18.3 Å². The van der Waals surface area contributed by atoms with Gasteiger partial charge in [-0.3, -0.25) is 9.69 Å². The lowest BCUT2D eigenvalue weighted by Crippen LogP contribution is -2.40. The Labute approximate surface area is 189 Å². The van der Waals surface area contributed by atoms with Gasteiger partial charge < -0.3 is 10.1 Å². The van der Waals surface area contributed by atoms with Crippen molar-refractivity contribution in [2.24, 2.45) is 0 Å². The zero-order valence-electron chi connectivity index (χ0n) is 17.9. The van der Waals surface area contributed by atoms with Crippen LogP contribution in [-0.4, -0.2) is 30.5 Å². The van der Waals surface area contributed by atoms with Crippen LogP contribution < -0.4 is 10.1 Å². The van der Waals surface area contributed by atoms with Gasteiger partial charge >= 0.3 is 6.18 Å². The maximum atomic E-state index is 13.3. The van der Waals surface area contributed by atoms with Crippen molar-refractivity contribution in [1.82, 2.24) is 4.90 Å². The van der Waals surface area contributed by atoms with Crippen LogP contribution in [-0.2, 0) is 23.9 Å². The Bertz CT molecular complexity index is 1000. The molecule has 8 heteroatoms. The monoisotopic (exact) mass is 462 g/mol. The summed E-state index contributed by atoms with van der Waals surface area (Å²) >= 11 is 1.64. The first-order valence-electron chi connectivity index (χ1n) is 10.1. The third-order valence-corrected chi connectivity index (χ3v) is 6.00. The number of hydrogen-bond donors (Lipinski definition) is 1. The van der Waals surface area contributed by atoms with Crippen LogP contribution in [0.1, 0.15) is 22.9 Å². The van der Waals surface area contributed by atoms with Gasteiger partial charge in [0.25, 0.3) is 0 Å². The molecule has 0 fully saturated rings. The van der Waals surface area contributed by atoms with Gasteiger partial charge in [0.15, 0.2) is 0 Å². The number of amides is 1. The number of benzene rings is 2.